The van der Waals surface area contributed by atoms with E-state index in [-0.39, 0.29) is 13.2 Å². The normalized spacial score (nSPS) is 14.6. The predicted octanol–water partition coefficient (Wildman–Crippen LogP) is 8.19. The number of nitrogens with zero attached hydrogens (tertiary/aromatic N) is 3. The van der Waals surface area contributed by atoms with Crippen LogP contribution in [0.3, 0.4) is 0 Å². The molecule has 0 spiro atoms. The lowest BCUT2D eigenvalue weighted by atomic mass is 9.88. The zero-order chi connectivity index (χ0) is 35.8. The van der Waals surface area contributed by atoms with Crippen LogP contribution in [0, 0.1) is 6.92 Å². The summed E-state index contributed by atoms with van der Waals surface area (Å²) in [7, 11) is -4.47. The second-order valence-corrected chi connectivity index (χ2v) is 13.7. The molecule has 0 fully saturated rings. The molecule has 0 amide bonds. The number of benzene rings is 2. The van der Waals surface area contributed by atoms with Crippen molar-refractivity contribution in [1.82, 2.24) is 0 Å². The van der Waals surface area contributed by atoms with Gasteiger partial charge in [-0.15, -0.1) is 0 Å². The highest BCUT2D eigenvalue weighted by atomic mass is 31.2. The van der Waals surface area contributed by atoms with Gasteiger partial charge in [0.1, 0.15) is 19.2 Å². The Bertz CT molecular complexity index is 1470. The molecule has 0 saturated carbocycles. The van der Waals surface area contributed by atoms with Crippen LogP contribution in [-0.4, -0.2) is 75.5 Å². The topological polar surface area (TPSA) is 77.3 Å². The summed E-state index contributed by atoms with van der Waals surface area (Å²) in [6, 6.07) is 15.4. The SMILES string of the molecule is CCCCOCC(CN(CC)c1ccc(C(=C2C=CC(=[N+](CC)CC)C=C2)c2ccc(N(CC)CC)cc2)c(C)c1)OP(=O)([O-])OCCC. The molecule has 2 aromatic carbocycles. The van der Waals surface area contributed by atoms with E-state index in [0.717, 1.165) is 67.0 Å². The lowest BCUT2D eigenvalue weighted by Gasteiger charge is -2.33. The third-order valence-corrected chi connectivity index (χ3v) is 9.95. The maximum Gasteiger partial charge on any atom is 0.268 e. The molecule has 49 heavy (non-hydrogen) atoms. The molecule has 8 nitrogen and oxygen atoms in total. The molecule has 270 valence electrons. The van der Waals surface area contributed by atoms with E-state index in [0.29, 0.717) is 26.1 Å². The number of phosphoric ester groups is 1. The first kappa shape index (κ1) is 40.4. The predicted molar refractivity (Wildman–Crippen MR) is 204 cm³/mol. The Balaban J connectivity index is 2.02. The van der Waals surface area contributed by atoms with E-state index < -0.39 is 13.9 Å². The van der Waals surface area contributed by atoms with Gasteiger partial charge in [0, 0.05) is 56.3 Å². The van der Waals surface area contributed by atoms with Gasteiger partial charge < -0.3 is 28.5 Å². The second-order valence-electron chi connectivity index (χ2n) is 12.3. The molecule has 9 heteroatoms. The number of unbranched alkanes of at least 4 members (excludes halogenated alkanes) is 1. The second kappa shape index (κ2) is 20.6. The van der Waals surface area contributed by atoms with Crippen molar-refractivity contribution in [3.8, 4) is 0 Å². The number of allylic oxidation sites excluding steroid dienone is 5. The Hall–Kier alpha value is -3.00. The number of aryl methyl sites for hydroxylation is 1. The van der Waals surface area contributed by atoms with Crippen LogP contribution >= 0.6 is 7.82 Å². The van der Waals surface area contributed by atoms with Crippen LogP contribution < -0.4 is 14.7 Å². The smallest absolute Gasteiger partial charge is 0.268 e. The van der Waals surface area contributed by atoms with E-state index in [1.54, 1.807) is 0 Å². The lowest BCUT2D eigenvalue weighted by Crippen LogP contribution is -2.37. The first-order valence-electron chi connectivity index (χ1n) is 18.3. The quantitative estimate of drug-likeness (QED) is 0.0742. The number of anilines is 2. The Morgan fingerprint density at radius 2 is 1.45 bits per heavy atom. The molecular weight excluding hydrogens is 633 g/mol. The van der Waals surface area contributed by atoms with Crippen molar-refractivity contribution in [2.45, 2.75) is 80.8 Å². The Kier molecular flexibility index (Phi) is 17.0. The van der Waals surface area contributed by atoms with E-state index in [1.807, 2.05) is 6.92 Å². The molecule has 1 aliphatic rings. The van der Waals surface area contributed by atoms with Crippen LogP contribution in [0.25, 0.3) is 5.57 Å². The average molecular weight is 694 g/mol. The largest absolute Gasteiger partial charge is 0.756 e. The van der Waals surface area contributed by atoms with Crippen molar-refractivity contribution >= 4 is 30.5 Å². The highest BCUT2D eigenvalue weighted by molar-refractivity contribution is 7.45. The monoisotopic (exact) mass is 693 g/mol. The van der Waals surface area contributed by atoms with Crippen molar-refractivity contribution < 1.29 is 27.8 Å². The molecule has 2 unspecified atom stereocenters. The summed E-state index contributed by atoms with van der Waals surface area (Å²) < 4.78 is 31.5. The highest BCUT2D eigenvalue weighted by Crippen LogP contribution is 2.40. The molecule has 1 aliphatic carbocycles. The summed E-state index contributed by atoms with van der Waals surface area (Å²) in [5, 5.41) is 0. The lowest BCUT2D eigenvalue weighted by molar-refractivity contribution is -0.519. The van der Waals surface area contributed by atoms with Gasteiger partial charge in [-0.05, 0) is 119 Å². The molecular formula is C40H60N3O5P. The van der Waals surface area contributed by atoms with Crippen LogP contribution in [0.4, 0.5) is 11.4 Å². The molecule has 2 atom stereocenters. The molecule has 0 heterocycles. The van der Waals surface area contributed by atoms with E-state index in [2.05, 4.69) is 130 Å². The van der Waals surface area contributed by atoms with E-state index in [1.165, 1.54) is 17.0 Å². The Morgan fingerprint density at radius 1 is 0.816 bits per heavy atom. The third kappa shape index (κ3) is 11.8. The third-order valence-electron chi connectivity index (χ3n) is 8.90. The van der Waals surface area contributed by atoms with Crippen LogP contribution in [0.2, 0.25) is 0 Å². The summed E-state index contributed by atoms with van der Waals surface area (Å²) in [5.41, 5.74) is 9.20. The van der Waals surface area contributed by atoms with Crippen LogP contribution in [-0.2, 0) is 18.3 Å². The summed E-state index contributed by atoms with van der Waals surface area (Å²) in [6.45, 7) is 22.6. The minimum Gasteiger partial charge on any atom is -0.756 e. The summed E-state index contributed by atoms with van der Waals surface area (Å²) >= 11 is 0. The van der Waals surface area contributed by atoms with Gasteiger partial charge in [0.15, 0.2) is 5.71 Å². The van der Waals surface area contributed by atoms with Gasteiger partial charge in [-0.25, -0.2) is 4.58 Å². The molecule has 0 N–H and O–H groups in total. The molecule has 0 aliphatic heterocycles. The number of phosphoric acid groups is 1. The van der Waals surface area contributed by atoms with Crippen LogP contribution in [0.5, 0.6) is 0 Å². The maximum absolute atomic E-state index is 12.6. The van der Waals surface area contributed by atoms with Crippen LogP contribution in [0.15, 0.2) is 72.3 Å². The number of hydrogen-bond acceptors (Lipinski definition) is 7. The molecule has 0 saturated heterocycles. The summed E-state index contributed by atoms with van der Waals surface area (Å²) in [6.07, 6.45) is 10.7. The van der Waals surface area contributed by atoms with Crippen molar-refractivity contribution in [3.63, 3.8) is 0 Å². The van der Waals surface area contributed by atoms with E-state index >= 15 is 0 Å². The standard InChI is InChI=1S/C40H60N3O5P/c1-9-16-28-46-31-38(48-49(44,45)47-27-10-2)30-43(15-7)37-25-26-39(32(8)29-37)40(33-17-21-35(22-18-33)41(11-3)12-4)34-19-23-36(24-20-34)42(13-5)14-6/h17-26,29,38H,9-16,27-28,30-31H2,1-8H3. The molecule has 0 aromatic heterocycles. The Morgan fingerprint density at radius 3 is 2.00 bits per heavy atom. The number of hydrogen-bond donors (Lipinski definition) is 0. The summed E-state index contributed by atoms with van der Waals surface area (Å²) in [5.74, 6) is 0. The van der Waals surface area contributed by atoms with Gasteiger partial charge in [-0.3, -0.25) is 4.57 Å². The van der Waals surface area contributed by atoms with Gasteiger partial charge in [0.05, 0.1) is 13.2 Å². The van der Waals surface area contributed by atoms with Crippen molar-refractivity contribution in [2.24, 2.45) is 0 Å². The van der Waals surface area contributed by atoms with E-state index in [9.17, 15) is 9.46 Å². The fourth-order valence-corrected chi connectivity index (χ4v) is 7.07. The first-order valence-corrected chi connectivity index (χ1v) is 19.8. The number of ether oxygens (including phenoxy) is 1. The molecule has 3 rings (SSSR count). The van der Waals surface area contributed by atoms with Crippen molar-refractivity contribution in [3.05, 3.63) is 89.0 Å². The van der Waals surface area contributed by atoms with Gasteiger partial charge in [0.25, 0.3) is 7.82 Å². The number of rotatable bonds is 21. The Labute approximate surface area is 296 Å². The van der Waals surface area contributed by atoms with Crippen molar-refractivity contribution in [2.75, 3.05) is 68.9 Å². The number of likely N-dealkylation sites (N-methyl/N-ethyl adjacent to an activating group) is 1. The summed E-state index contributed by atoms with van der Waals surface area (Å²) in [4.78, 5) is 17.1. The van der Waals surface area contributed by atoms with E-state index in [4.69, 9.17) is 13.8 Å². The first-order chi connectivity index (χ1) is 23.6. The minimum atomic E-state index is -4.47. The zero-order valence-electron chi connectivity index (χ0n) is 31.2. The molecule has 0 bridgehead atoms. The fraction of sp³-hybridized carbons (Fsp3) is 0.525. The van der Waals surface area contributed by atoms with Crippen LogP contribution in [0.1, 0.15) is 84.4 Å². The van der Waals surface area contributed by atoms with Gasteiger partial charge >= 0.3 is 0 Å². The molecule has 2 aromatic rings. The maximum atomic E-state index is 12.6. The van der Waals surface area contributed by atoms with Gasteiger partial charge in [-0.1, -0.05) is 38.5 Å². The molecule has 0 radical (unpaired) electrons. The fourth-order valence-electron chi connectivity index (χ4n) is 6.11. The highest BCUT2D eigenvalue weighted by Gasteiger charge is 2.23. The zero-order valence-corrected chi connectivity index (χ0v) is 32.1. The van der Waals surface area contributed by atoms with Gasteiger partial charge in [0.2, 0.25) is 0 Å². The van der Waals surface area contributed by atoms with Crippen molar-refractivity contribution in [1.29, 1.82) is 0 Å². The van der Waals surface area contributed by atoms with Gasteiger partial charge in [-0.2, -0.15) is 0 Å². The minimum absolute atomic E-state index is 0.0948. The average Bonchev–Trinajstić information content (AvgIpc) is 3.11.